The Kier molecular flexibility index (Phi) is 5.75. The molecule has 0 saturated carbocycles. The maximum Gasteiger partial charge on any atom is 0.248 e. The molecule has 0 radical (unpaired) electrons. The molecule has 1 aromatic rings. The lowest BCUT2D eigenvalue weighted by Gasteiger charge is -2.34. The summed E-state index contributed by atoms with van der Waals surface area (Å²) >= 11 is 0. The van der Waals surface area contributed by atoms with E-state index in [0.29, 0.717) is 32.6 Å². The first-order valence-electron chi connectivity index (χ1n) is 7.29. The van der Waals surface area contributed by atoms with Crippen LogP contribution in [0.1, 0.15) is 12.0 Å². The van der Waals surface area contributed by atoms with E-state index in [2.05, 4.69) is 0 Å². The van der Waals surface area contributed by atoms with Gasteiger partial charge in [0.2, 0.25) is 11.8 Å². The van der Waals surface area contributed by atoms with Crippen molar-refractivity contribution in [2.75, 3.05) is 39.9 Å². The Morgan fingerprint density at radius 1 is 1.00 bits per heavy atom. The molecule has 1 aliphatic rings. The Bertz CT molecular complexity index is 468. The molecule has 21 heavy (non-hydrogen) atoms. The maximum absolute atomic E-state index is 12.2. The van der Waals surface area contributed by atoms with Gasteiger partial charge in [-0.1, -0.05) is 30.3 Å². The molecule has 1 saturated heterocycles. The Labute approximate surface area is 125 Å². The number of ether oxygens (including phenoxy) is 1. The summed E-state index contributed by atoms with van der Waals surface area (Å²) < 4.78 is 4.85. The van der Waals surface area contributed by atoms with Gasteiger partial charge >= 0.3 is 0 Å². The number of aryl methyl sites for hydroxylation is 1. The van der Waals surface area contributed by atoms with Crippen molar-refractivity contribution in [3.8, 4) is 0 Å². The highest BCUT2D eigenvalue weighted by molar-refractivity contribution is 5.79. The van der Waals surface area contributed by atoms with Gasteiger partial charge in [0.1, 0.15) is 6.61 Å². The van der Waals surface area contributed by atoms with Crippen molar-refractivity contribution in [1.82, 2.24) is 9.80 Å². The van der Waals surface area contributed by atoms with E-state index in [4.69, 9.17) is 4.74 Å². The minimum absolute atomic E-state index is 0.00566. The van der Waals surface area contributed by atoms with Gasteiger partial charge in [0, 0.05) is 39.7 Å². The molecule has 0 aliphatic carbocycles. The summed E-state index contributed by atoms with van der Waals surface area (Å²) in [5.41, 5.74) is 1.18. The lowest BCUT2D eigenvalue weighted by atomic mass is 10.1. The molecular formula is C16H22N2O3. The van der Waals surface area contributed by atoms with Crippen LogP contribution < -0.4 is 0 Å². The van der Waals surface area contributed by atoms with Crippen LogP contribution in [0.3, 0.4) is 0 Å². The molecule has 114 valence electrons. The van der Waals surface area contributed by atoms with Gasteiger partial charge in [0.15, 0.2) is 0 Å². The number of methoxy groups -OCH3 is 1. The molecule has 1 fully saturated rings. The van der Waals surface area contributed by atoms with Crippen molar-refractivity contribution in [2.24, 2.45) is 0 Å². The summed E-state index contributed by atoms with van der Waals surface area (Å²) in [6.45, 7) is 2.53. The first-order valence-corrected chi connectivity index (χ1v) is 7.29. The molecule has 2 amide bonds. The predicted octanol–water partition coefficient (Wildman–Crippen LogP) is 0.936. The summed E-state index contributed by atoms with van der Waals surface area (Å²) in [4.78, 5) is 27.5. The van der Waals surface area contributed by atoms with Crippen LogP contribution in [0, 0.1) is 0 Å². The lowest BCUT2D eigenvalue weighted by Crippen LogP contribution is -2.51. The van der Waals surface area contributed by atoms with Crippen LogP contribution >= 0.6 is 0 Å². The van der Waals surface area contributed by atoms with Crippen molar-refractivity contribution in [3.63, 3.8) is 0 Å². The molecule has 0 spiro atoms. The second-order valence-corrected chi connectivity index (χ2v) is 5.18. The van der Waals surface area contributed by atoms with Gasteiger partial charge in [-0.15, -0.1) is 0 Å². The van der Waals surface area contributed by atoms with E-state index >= 15 is 0 Å². The van der Waals surface area contributed by atoms with Crippen LogP contribution in [0.5, 0.6) is 0 Å². The third kappa shape index (κ3) is 4.56. The maximum atomic E-state index is 12.2. The zero-order chi connectivity index (χ0) is 15.1. The van der Waals surface area contributed by atoms with Gasteiger partial charge in [-0.3, -0.25) is 9.59 Å². The highest BCUT2D eigenvalue weighted by Crippen LogP contribution is 2.08. The van der Waals surface area contributed by atoms with Crippen LogP contribution in [0.25, 0.3) is 0 Å². The quantitative estimate of drug-likeness (QED) is 0.811. The van der Waals surface area contributed by atoms with Crippen molar-refractivity contribution < 1.29 is 14.3 Å². The fourth-order valence-corrected chi connectivity index (χ4v) is 2.47. The SMILES string of the molecule is COCC(=O)N1CCN(C(=O)CCc2ccccc2)CC1. The first-order chi connectivity index (χ1) is 10.2. The molecule has 5 nitrogen and oxygen atoms in total. The van der Waals surface area contributed by atoms with E-state index in [1.807, 2.05) is 35.2 Å². The Morgan fingerprint density at radius 3 is 2.14 bits per heavy atom. The number of piperazine rings is 1. The molecule has 0 unspecified atom stereocenters. The number of amides is 2. The third-order valence-corrected chi connectivity index (χ3v) is 3.72. The fourth-order valence-electron chi connectivity index (χ4n) is 2.47. The Balaban J connectivity index is 1.74. The molecule has 1 heterocycles. The number of rotatable bonds is 5. The minimum atomic E-state index is -0.00566. The number of carbonyl (C=O) groups excluding carboxylic acids is 2. The summed E-state index contributed by atoms with van der Waals surface area (Å²) in [5.74, 6) is 0.159. The summed E-state index contributed by atoms with van der Waals surface area (Å²) in [7, 11) is 1.52. The van der Waals surface area contributed by atoms with Gasteiger partial charge in [-0.2, -0.15) is 0 Å². The van der Waals surface area contributed by atoms with Crippen LogP contribution in [0.4, 0.5) is 0 Å². The van der Waals surface area contributed by atoms with E-state index < -0.39 is 0 Å². The molecule has 5 heteroatoms. The molecular weight excluding hydrogens is 268 g/mol. The highest BCUT2D eigenvalue weighted by atomic mass is 16.5. The molecule has 0 atom stereocenters. The fraction of sp³-hybridized carbons (Fsp3) is 0.500. The van der Waals surface area contributed by atoms with E-state index in [0.717, 1.165) is 6.42 Å². The van der Waals surface area contributed by atoms with E-state index in [9.17, 15) is 9.59 Å². The van der Waals surface area contributed by atoms with Crippen LogP contribution in [-0.4, -0.2) is 61.5 Å². The number of hydrogen-bond donors (Lipinski definition) is 0. The first kappa shape index (κ1) is 15.5. The van der Waals surface area contributed by atoms with Gasteiger partial charge < -0.3 is 14.5 Å². The Hall–Kier alpha value is -1.88. The van der Waals surface area contributed by atoms with Gasteiger partial charge in [-0.05, 0) is 12.0 Å². The molecule has 1 aromatic carbocycles. The number of carbonyl (C=O) groups is 2. The second-order valence-electron chi connectivity index (χ2n) is 5.18. The van der Waals surface area contributed by atoms with Crippen LogP contribution in [-0.2, 0) is 20.7 Å². The number of hydrogen-bond acceptors (Lipinski definition) is 3. The van der Waals surface area contributed by atoms with E-state index in [1.165, 1.54) is 12.7 Å². The van der Waals surface area contributed by atoms with Crippen molar-refractivity contribution in [3.05, 3.63) is 35.9 Å². The average Bonchev–Trinajstić information content (AvgIpc) is 2.54. The summed E-state index contributed by atoms with van der Waals surface area (Å²) in [5, 5.41) is 0. The topological polar surface area (TPSA) is 49.9 Å². The Morgan fingerprint density at radius 2 is 1.57 bits per heavy atom. The zero-order valence-corrected chi connectivity index (χ0v) is 12.5. The normalized spacial score (nSPS) is 15.1. The van der Waals surface area contributed by atoms with Gasteiger partial charge in [0.25, 0.3) is 0 Å². The van der Waals surface area contributed by atoms with Crippen LogP contribution in [0.2, 0.25) is 0 Å². The molecule has 2 rings (SSSR count). The second kappa shape index (κ2) is 7.78. The van der Waals surface area contributed by atoms with Gasteiger partial charge in [-0.25, -0.2) is 0 Å². The monoisotopic (exact) mass is 290 g/mol. The molecule has 0 N–H and O–H groups in total. The smallest absolute Gasteiger partial charge is 0.248 e. The van der Waals surface area contributed by atoms with E-state index in [-0.39, 0.29) is 18.4 Å². The lowest BCUT2D eigenvalue weighted by molar-refractivity contribution is -0.141. The standard InChI is InChI=1S/C16H22N2O3/c1-21-13-16(20)18-11-9-17(10-12-18)15(19)8-7-14-5-3-2-4-6-14/h2-6H,7-13H2,1H3. The third-order valence-electron chi connectivity index (χ3n) is 3.72. The van der Waals surface area contributed by atoms with Crippen molar-refractivity contribution in [2.45, 2.75) is 12.8 Å². The van der Waals surface area contributed by atoms with Crippen molar-refractivity contribution in [1.29, 1.82) is 0 Å². The zero-order valence-electron chi connectivity index (χ0n) is 12.5. The summed E-state index contributed by atoms with van der Waals surface area (Å²) in [6, 6.07) is 10.0. The largest absolute Gasteiger partial charge is 0.375 e. The van der Waals surface area contributed by atoms with Gasteiger partial charge in [0.05, 0.1) is 0 Å². The highest BCUT2D eigenvalue weighted by Gasteiger charge is 2.23. The van der Waals surface area contributed by atoms with Crippen molar-refractivity contribution >= 4 is 11.8 Å². The average molecular weight is 290 g/mol. The molecule has 0 aromatic heterocycles. The number of benzene rings is 1. The molecule has 0 bridgehead atoms. The molecule has 1 aliphatic heterocycles. The van der Waals surface area contributed by atoms with Crippen LogP contribution in [0.15, 0.2) is 30.3 Å². The minimum Gasteiger partial charge on any atom is -0.375 e. The predicted molar refractivity (Wildman–Crippen MR) is 79.8 cm³/mol. The number of nitrogens with zero attached hydrogens (tertiary/aromatic N) is 2. The summed E-state index contributed by atoms with van der Waals surface area (Å²) in [6.07, 6.45) is 1.29. The van der Waals surface area contributed by atoms with E-state index in [1.54, 1.807) is 4.90 Å².